The average molecular weight is 348 g/mol. The van der Waals surface area contributed by atoms with Crippen molar-refractivity contribution in [1.82, 2.24) is 15.3 Å². The van der Waals surface area contributed by atoms with Crippen LogP contribution in [0.25, 0.3) is 6.08 Å². The van der Waals surface area contributed by atoms with Crippen molar-refractivity contribution in [2.24, 2.45) is 0 Å². The standard InChI is InChI=1S/C15H10ClN3O3S/c16-14-17-10(6-11-13(20)19-15(21)23-11)7-12(18-14)22-8-9-4-2-1-3-5-9/h1-7H,8H2,(H,19,20,21)/b11-6+. The maximum absolute atomic E-state index is 11.5. The van der Waals surface area contributed by atoms with Crippen LogP contribution in [0.5, 0.6) is 5.88 Å². The number of nitrogens with one attached hydrogen (secondary N) is 1. The minimum absolute atomic E-state index is 0.00265. The van der Waals surface area contributed by atoms with Crippen molar-refractivity contribution in [3.8, 4) is 5.88 Å². The molecule has 23 heavy (non-hydrogen) atoms. The number of imide groups is 1. The van der Waals surface area contributed by atoms with Gasteiger partial charge in [0.25, 0.3) is 11.1 Å². The monoisotopic (exact) mass is 347 g/mol. The molecule has 0 saturated carbocycles. The summed E-state index contributed by atoms with van der Waals surface area (Å²) < 4.78 is 5.59. The first-order valence-corrected chi connectivity index (χ1v) is 7.76. The van der Waals surface area contributed by atoms with Crippen LogP contribution < -0.4 is 10.1 Å². The molecular weight excluding hydrogens is 338 g/mol. The Kier molecular flexibility index (Phi) is 4.59. The maximum atomic E-state index is 11.5. The van der Waals surface area contributed by atoms with Gasteiger partial charge in [0.2, 0.25) is 11.2 Å². The Labute approximate surface area is 140 Å². The van der Waals surface area contributed by atoms with Gasteiger partial charge < -0.3 is 4.74 Å². The summed E-state index contributed by atoms with van der Waals surface area (Å²) in [6.07, 6.45) is 1.47. The maximum Gasteiger partial charge on any atom is 0.290 e. The Morgan fingerprint density at radius 2 is 2.00 bits per heavy atom. The van der Waals surface area contributed by atoms with Crippen LogP contribution in [-0.4, -0.2) is 21.1 Å². The predicted octanol–water partition coefficient (Wildman–Crippen LogP) is 3.03. The first-order chi connectivity index (χ1) is 11.1. The van der Waals surface area contributed by atoms with Crippen molar-refractivity contribution in [3.05, 3.63) is 57.8 Å². The second-order valence-corrected chi connectivity index (χ2v) is 5.88. The van der Waals surface area contributed by atoms with E-state index in [1.165, 1.54) is 6.08 Å². The normalized spacial score (nSPS) is 15.8. The third kappa shape index (κ3) is 4.08. The zero-order valence-corrected chi connectivity index (χ0v) is 13.2. The van der Waals surface area contributed by atoms with Gasteiger partial charge >= 0.3 is 0 Å². The minimum atomic E-state index is -0.457. The van der Waals surface area contributed by atoms with Gasteiger partial charge in [0.1, 0.15) is 6.61 Å². The highest BCUT2D eigenvalue weighted by molar-refractivity contribution is 8.18. The number of ether oxygens (including phenoxy) is 1. The SMILES string of the molecule is O=C1NC(=O)/C(=C\c2cc(OCc3ccccc3)nc(Cl)n2)S1. The summed E-state index contributed by atoms with van der Waals surface area (Å²) in [6, 6.07) is 11.1. The highest BCUT2D eigenvalue weighted by Gasteiger charge is 2.25. The smallest absolute Gasteiger partial charge is 0.290 e. The van der Waals surface area contributed by atoms with E-state index >= 15 is 0 Å². The summed E-state index contributed by atoms with van der Waals surface area (Å²) in [6.45, 7) is 0.331. The van der Waals surface area contributed by atoms with Crippen LogP contribution in [0.3, 0.4) is 0 Å². The van der Waals surface area contributed by atoms with Crippen molar-refractivity contribution < 1.29 is 14.3 Å². The van der Waals surface area contributed by atoms with Crippen molar-refractivity contribution in [3.63, 3.8) is 0 Å². The number of benzene rings is 1. The summed E-state index contributed by atoms with van der Waals surface area (Å²) >= 11 is 6.68. The lowest BCUT2D eigenvalue weighted by atomic mass is 10.2. The van der Waals surface area contributed by atoms with E-state index in [4.69, 9.17) is 16.3 Å². The van der Waals surface area contributed by atoms with E-state index in [2.05, 4.69) is 15.3 Å². The molecule has 0 unspecified atom stereocenters. The van der Waals surface area contributed by atoms with Crippen LogP contribution >= 0.6 is 23.4 Å². The minimum Gasteiger partial charge on any atom is -0.473 e. The first kappa shape index (κ1) is 15.5. The Morgan fingerprint density at radius 3 is 2.70 bits per heavy atom. The molecule has 0 bridgehead atoms. The van der Waals surface area contributed by atoms with Gasteiger partial charge in [-0.15, -0.1) is 0 Å². The third-order valence-corrected chi connectivity index (χ3v) is 3.83. The molecule has 2 aromatic rings. The summed E-state index contributed by atoms with van der Waals surface area (Å²) in [5.74, 6) is -0.170. The quantitative estimate of drug-likeness (QED) is 0.676. The average Bonchev–Trinajstić information content (AvgIpc) is 2.83. The number of carbonyl (C=O) groups excluding carboxylic acids is 2. The fraction of sp³-hybridized carbons (Fsp3) is 0.0667. The second-order valence-electron chi connectivity index (χ2n) is 4.53. The van der Waals surface area contributed by atoms with Crippen LogP contribution in [-0.2, 0) is 11.4 Å². The molecule has 1 aliphatic rings. The Balaban J connectivity index is 1.78. The molecule has 2 heterocycles. The van der Waals surface area contributed by atoms with E-state index in [0.717, 1.165) is 17.3 Å². The number of aromatic nitrogens is 2. The number of thioether (sulfide) groups is 1. The molecule has 0 spiro atoms. The molecular formula is C15H10ClN3O3S. The lowest BCUT2D eigenvalue weighted by Gasteiger charge is -2.06. The molecule has 8 heteroatoms. The summed E-state index contributed by atoms with van der Waals surface area (Å²) in [7, 11) is 0. The van der Waals surface area contributed by atoms with Crippen molar-refractivity contribution in [1.29, 1.82) is 0 Å². The van der Waals surface area contributed by atoms with Gasteiger partial charge in [-0.1, -0.05) is 30.3 Å². The van der Waals surface area contributed by atoms with Gasteiger partial charge in [-0.3, -0.25) is 14.9 Å². The highest BCUT2D eigenvalue weighted by Crippen LogP contribution is 2.26. The summed E-state index contributed by atoms with van der Waals surface area (Å²) in [5.41, 5.74) is 1.37. The number of hydrogen-bond donors (Lipinski definition) is 1. The van der Waals surface area contributed by atoms with Crippen LogP contribution in [0.2, 0.25) is 5.28 Å². The molecule has 116 valence electrons. The van der Waals surface area contributed by atoms with E-state index in [1.807, 2.05) is 30.3 Å². The zero-order chi connectivity index (χ0) is 16.2. The zero-order valence-electron chi connectivity index (χ0n) is 11.7. The molecule has 1 aliphatic heterocycles. The van der Waals surface area contributed by atoms with Gasteiger partial charge in [0, 0.05) is 6.07 Å². The van der Waals surface area contributed by atoms with Crippen LogP contribution in [0.4, 0.5) is 4.79 Å². The Bertz CT molecular complexity index is 796. The fourth-order valence-electron chi connectivity index (χ4n) is 1.85. The number of rotatable bonds is 4. The lowest BCUT2D eigenvalue weighted by molar-refractivity contribution is -0.115. The van der Waals surface area contributed by atoms with Crippen molar-refractivity contribution in [2.45, 2.75) is 6.61 Å². The first-order valence-electron chi connectivity index (χ1n) is 6.56. The topological polar surface area (TPSA) is 81.2 Å². The second kappa shape index (κ2) is 6.80. The van der Waals surface area contributed by atoms with Crippen LogP contribution in [0, 0.1) is 0 Å². The van der Waals surface area contributed by atoms with E-state index in [9.17, 15) is 9.59 Å². The molecule has 2 amide bonds. The number of halogens is 1. The molecule has 0 aliphatic carbocycles. The molecule has 1 aromatic carbocycles. The van der Waals surface area contributed by atoms with Crippen molar-refractivity contribution >= 4 is 40.6 Å². The summed E-state index contributed by atoms with van der Waals surface area (Å²) in [5, 5.41) is 1.75. The number of nitrogens with zero attached hydrogens (tertiary/aromatic N) is 2. The molecule has 0 radical (unpaired) electrons. The van der Waals surface area contributed by atoms with Gasteiger partial charge in [-0.2, -0.15) is 4.98 Å². The van der Waals surface area contributed by atoms with Gasteiger partial charge in [-0.25, -0.2) is 4.98 Å². The van der Waals surface area contributed by atoms with E-state index in [0.29, 0.717) is 12.3 Å². The molecule has 3 rings (SSSR count). The summed E-state index contributed by atoms with van der Waals surface area (Å²) in [4.78, 5) is 30.9. The Hall–Kier alpha value is -2.38. The predicted molar refractivity (Wildman–Crippen MR) is 86.9 cm³/mol. The van der Waals surface area contributed by atoms with Gasteiger partial charge in [0.05, 0.1) is 10.6 Å². The molecule has 1 fully saturated rings. The van der Waals surface area contributed by atoms with Gasteiger partial charge in [-0.05, 0) is 35.0 Å². The molecule has 6 nitrogen and oxygen atoms in total. The van der Waals surface area contributed by atoms with Crippen LogP contribution in [0.1, 0.15) is 11.3 Å². The van der Waals surface area contributed by atoms with Gasteiger partial charge in [0.15, 0.2) is 0 Å². The molecule has 1 N–H and O–H groups in total. The molecule has 0 atom stereocenters. The molecule has 1 aromatic heterocycles. The van der Waals surface area contributed by atoms with Crippen molar-refractivity contribution in [2.75, 3.05) is 0 Å². The van der Waals surface area contributed by atoms with E-state index in [1.54, 1.807) is 6.07 Å². The number of amides is 2. The van der Waals surface area contributed by atoms with E-state index in [-0.39, 0.29) is 16.1 Å². The largest absolute Gasteiger partial charge is 0.473 e. The number of hydrogen-bond acceptors (Lipinski definition) is 6. The fourth-order valence-corrected chi connectivity index (χ4v) is 2.70. The van der Waals surface area contributed by atoms with Crippen LogP contribution in [0.15, 0.2) is 41.3 Å². The van der Waals surface area contributed by atoms with E-state index < -0.39 is 11.1 Å². The highest BCUT2D eigenvalue weighted by atomic mass is 35.5. The Morgan fingerprint density at radius 1 is 1.22 bits per heavy atom. The lowest BCUT2D eigenvalue weighted by Crippen LogP contribution is -2.17. The molecule has 1 saturated heterocycles. The number of carbonyl (C=O) groups is 2. The third-order valence-electron chi connectivity index (χ3n) is 2.85.